The number of carbonyl (C=O) groups is 3. The summed E-state index contributed by atoms with van der Waals surface area (Å²) < 4.78 is 0. The van der Waals surface area contributed by atoms with Crippen LogP contribution < -0.4 is 5.32 Å². The van der Waals surface area contributed by atoms with E-state index in [1.54, 1.807) is 6.92 Å². The number of amides is 1. The molecule has 0 heterocycles. The monoisotopic (exact) mass is 395 g/mol. The summed E-state index contributed by atoms with van der Waals surface area (Å²) in [6.45, 7) is 1.61. The van der Waals surface area contributed by atoms with E-state index < -0.39 is 29.7 Å². The molecule has 2 aromatic rings. The molecule has 3 rings (SSSR count). The first-order chi connectivity index (χ1) is 13.8. The molecule has 0 radical (unpaired) electrons. The molecular formula is C23H25NO5. The number of aliphatic carboxylic acids is 2. The average molecular weight is 395 g/mol. The normalized spacial score (nSPS) is 19.8. The van der Waals surface area contributed by atoms with Crippen LogP contribution in [0, 0.1) is 17.8 Å². The third-order valence-electron chi connectivity index (χ3n) is 5.39. The Labute approximate surface area is 169 Å². The molecule has 6 heteroatoms. The number of hydrogen-bond acceptors (Lipinski definition) is 3. The van der Waals surface area contributed by atoms with Crippen LogP contribution in [-0.4, -0.2) is 34.1 Å². The molecule has 1 fully saturated rings. The first-order valence-corrected chi connectivity index (χ1v) is 9.75. The van der Waals surface area contributed by atoms with Gasteiger partial charge in [-0.2, -0.15) is 0 Å². The molecule has 4 atom stereocenters. The predicted octanol–water partition coefficient (Wildman–Crippen LogP) is 3.21. The zero-order valence-electron chi connectivity index (χ0n) is 16.2. The number of rotatable bonds is 9. The third kappa shape index (κ3) is 5.44. The molecule has 3 N–H and O–H groups in total. The molecule has 1 saturated carbocycles. The maximum absolute atomic E-state index is 12.4. The second-order valence-corrected chi connectivity index (χ2v) is 7.73. The van der Waals surface area contributed by atoms with Gasteiger partial charge in [-0.3, -0.25) is 14.4 Å². The highest BCUT2D eigenvalue weighted by molar-refractivity contribution is 5.89. The van der Waals surface area contributed by atoms with Gasteiger partial charge in [0.05, 0.1) is 17.8 Å². The van der Waals surface area contributed by atoms with Gasteiger partial charge < -0.3 is 15.5 Å². The van der Waals surface area contributed by atoms with Gasteiger partial charge >= 0.3 is 11.9 Å². The average Bonchev–Trinajstić information content (AvgIpc) is 3.50. The van der Waals surface area contributed by atoms with Gasteiger partial charge in [0.2, 0.25) is 5.91 Å². The fourth-order valence-corrected chi connectivity index (χ4v) is 3.54. The van der Waals surface area contributed by atoms with Crippen molar-refractivity contribution in [1.82, 2.24) is 5.32 Å². The summed E-state index contributed by atoms with van der Waals surface area (Å²) in [7, 11) is 0. The molecule has 0 bridgehead atoms. The van der Waals surface area contributed by atoms with Crippen molar-refractivity contribution >= 4 is 17.8 Å². The summed E-state index contributed by atoms with van der Waals surface area (Å²) in [6.07, 6.45) is 1.11. The maximum Gasteiger partial charge on any atom is 0.307 e. The highest BCUT2D eigenvalue weighted by atomic mass is 16.4. The largest absolute Gasteiger partial charge is 0.481 e. The van der Waals surface area contributed by atoms with Crippen molar-refractivity contribution in [3.8, 4) is 11.1 Å². The topological polar surface area (TPSA) is 104 Å². The van der Waals surface area contributed by atoms with E-state index in [1.165, 1.54) is 0 Å². The summed E-state index contributed by atoms with van der Waals surface area (Å²) in [5, 5.41) is 21.1. The Morgan fingerprint density at radius 1 is 0.966 bits per heavy atom. The summed E-state index contributed by atoms with van der Waals surface area (Å²) in [6, 6.07) is 17.6. The highest BCUT2D eigenvalue weighted by Crippen LogP contribution is 2.39. The first kappa shape index (κ1) is 20.6. The molecule has 0 spiro atoms. The van der Waals surface area contributed by atoms with Crippen molar-refractivity contribution < 1.29 is 24.6 Å². The second-order valence-electron chi connectivity index (χ2n) is 7.73. The van der Waals surface area contributed by atoms with E-state index in [0.29, 0.717) is 12.8 Å². The van der Waals surface area contributed by atoms with E-state index in [2.05, 4.69) is 5.32 Å². The van der Waals surface area contributed by atoms with Crippen molar-refractivity contribution in [3.63, 3.8) is 0 Å². The molecule has 152 valence electrons. The third-order valence-corrected chi connectivity index (χ3v) is 5.39. The van der Waals surface area contributed by atoms with Crippen LogP contribution in [0.2, 0.25) is 0 Å². The Kier molecular flexibility index (Phi) is 6.32. The summed E-state index contributed by atoms with van der Waals surface area (Å²) in [4.78, 5) is 34.7. The van der Waals surface area contributed by atoms with Gasteiger partial charge in [0, 0.05) is 6.04 Å². The van der Waals surface area contributed by atoms with Crippen LogP contribution in [0.3, 0.4) is 0 Å². The molecule has 1 unspecified atom stereocenters. The van der Waals surface area contributed by atoms with Crippen molar-refractivity contribution in [2.24, 2.45) is 17.8 Å². The smallest absolute Gasteiger partial charge is 0.307 e. The SMILES string of the molecule is C[C@H](CC(Cc1ccc(-c2ccccc2)cc1)NC(=O)[C@H]1C[C@H]1C(=O)O)C(=O)O. The second kappa shape index (κ2) is 8.90. The van der Waals surface area contributed by atoms with Crippen molar-refractivity contribution in [2.75, 3.05) is 0 Å². The predicted molar refractivity (Wildman–Crippen MR) is 108 cm³/mol. The van der Waals surface area contributed by atoms with Gasteiger partial charge in [-0.05, 0) is 36.0 Å². The molecule has 0 aliphatic heterocycles. The van der Waals surface area contributed by atoms with E-state index in [1.807, 2.05) is 54.6 Å². The van der Waals surface area contributed by atoms with E-state index in [4.69, 9.17) is 5.11 Å². The maximum atomic E-state index is 12.4. The summed E-state index contributed by atoms with van der Waals surface area (Å²) >= 11 is 0. The van der Waals surface area contributed by atoms with Gasteiger partial charge in [-0.25, -0.2) is 0 Å². The molecule has 0 aromatic heterocycles. The lowest BCUT2D eigenvalue weighted by atomic mass is 9.94. The van der Waals surface area contributed by atoms with E-state index in [0.717, 1.165) is 16.7 Å². The molecular weight excluding hydrogens is 370 g/mol. The Hall–Kier alpha value is -3.15. The number of benzene rings is 2. The van der Waals surface area contributed by atoms with Crippen LogP contribution in [0.15, 0.2) is 54.6 Å². The van der Waals surface area contributed by atoms with Gasteiger partial charge in [-0.1, -0.05) is 61.5 Å². The Balaban J connectivity index is 1.68. The molecule has 1 amide bonds. The molecule has 0 saturated heterocycles. The molecule has 1 aliphatic carbocycles. The van der Waals surface area contributed by atoms with Crippen LogP contribution in [0.1, 0.15) is 25.3 Å². The van der Waals surface area contributed by atoms with Crippen LogP contribution in [-0.2, 0) is 20.8 Å². The van der Waals surface area contributed by atoms with Gasteiger partial charge in [0.25, 0.3) is 0 Å². The molecule has 1 aliphatic rings. The number of carbonyl (C=O) groups excluding carboxylic acids is 1. The minimum Gasteiger partial charge on any atom is -0.481 e. The molecule has 2 aromatic carbocycles. The number of nitrogens with one attached hydrogen (secondary N) is 1. The molecule has 29 heavy (non-hydrogen) atoms. The Bertz CT molecular complexity index is 878. The lowest BCUT2D eigenvalue weighted by molar-refractivity contribution is -0.141. The summed E-state index contributed by atoms with van der Waals surface area (Å²) in [5.74, 6) is -3.94. The quantitative estimate of drug-likeness (QED) is 0.605. The fourth-order valence-electron chi connectivity index (χ4n) is 3.54. The number of hydrogen-bond donors (Lipinski definition) is 3. The van der Waals surface area contributed by atoms with Crippen LogP contribution in [0.25, 0.3) is 11.1 Å². The lowest BCUT2D eigenvalue weighted by Crippen LogP contribution is -2.40. The highest BCUT2D eigenvalue weighted by Gasteiger charge is 2.48. The van der Waals surface area contributed by atoms with Gasteiger partial charge in [0.1, 0.15) is 0 Å². The van der Waals surface area contributed by atoms with E-state index in [-0.39, 0.29) is 18.4 Å². The Morgan fingerprint density at radius 2 is 1.59 bits per heavy atom. The fraction of sp³-hybridized carbons (Fsp3) is 0.348. The van der Waals surface area contributed by atoms with Crippen molar-refractivity contribution in [2.45, 2.75) is 32.2 Å². The Morgan fingerprint density at radius 3 is 2.14 bits per heavy atom. The minimum atomic E-state index is -0.961. The van der Waals surface area contributed by atoms with E-state index in [9.17, 15) is 19.5 Å². The van der Waals surface area contributed by atoms with Crippen LogP contribution in [0.4, 0.5) is 0 Å². The zero-order chi connectivity index (χ0) is 21.0. The van der Waals surface area contributed by atoms with Crippen LogP contribution >= 0.6 is 0 Å². The van der Waals surface area contributed by atoms with Crippen molar-refractivity contribution in [1.29, 1.82) is 0 Å². The van der Waals surface area contributed by atoms with E-state index >= 15 is 0 Å². The zero-order valence-corrected chi connectivity index (χ0v) is 16.2. The van der Waals surface area contributed by atoms with Gasteiger partial charge in [0.15, 0.2) is 0 Å². The number of carboxylic acids is 2. The standard InChI is InChI=1S/C23H25NO5/c1-14(22(26)27)11-18(24-21(25)19-13-20(19)23(28)29)12-15-7-9-17(10-8-15)16-5-3-2-4-6-16/h2-10,14,18-20H,11-13H2,1H3,(H,24,25)(H,26,27)(H,28,29)/t14-,18?,19+,20-/m1/s1. The summed E-state index contributed by atoms with van der Waals surface area (Å²) in [5.41, 5.74) is 3.17. The van der Waals surface area contributed by atoms with Gasteiger partial charge in [-0.15, -0.1) is 0 Å². The number of carboxylic acid groups (broad SMARTS) is 2. The lowest BCUT2D eigenvalue weighted by Gasteiger charge is -2.21. The van der Waals surface area contributed by atoms with Crippen LogP contribution in [0.5, 0.6) is 0 Å². The first-order valence-electron chi connectivity index (χ1n) is 9.75. The minimum absolute atomic E-state index is 0.284. The molecule has 6 nitrogen and oxygen atoms in total. The van der Waals surface area contributed by atoms with Crippen molar-refractivity contribution in [3.05, 3.63) is 60.2 Å².